The van der Waals surface area contributed by atoms with Gasteiger partial charge < -0.3 is 15.1 Å². The molecule has 3 amide bonds. The number of piperidine rings is 1. The van der Waals surface area contributed by atoms with Gasteiger partial charge in [0.2, 0.25) is 5.91 Å². The smallest absolute Gasteiger partial charge is 0.353 e. The maximum Gasteiger partial charge on any atom is 0.416 e. The first-order valence-electron chi connectivity index (χ1n) is 12.3. The third kappa shape index (κ3) is 7.42. The fourth-order valence-corrected chi connectivity index (χ4v) is 4.67. The second-order valence-electron chi connectivity index (χ2n) is 10.1. The van der Waals surface area contributed by atoms with Gasteiger partial charge in [-0.25, -0.2) is 9.18 Å². The zero-order valence-corrected chi connectivity index (χ0v) is 21.9. The van der Waals surface area contributed by atoms with Crippen molar-refractivity contribution in [3.63, 3.8) is 0 Å². The summed E-state index contributed by atoms with van der Waals surface area (Å²) in [5, 5.41) is 2.94. The Hall–Kier alpha value is -3.31. The highest BCUT2D eigenvalue weighted by molar-refractivity contribution is 5.78. The minimum absolute atomic E-state index is 0.0366. The van der Waals surface area contributed by atoms with E-state index in [4.69, 9.17) is 0 Å². The first kappa shape index (κ1) is 30.2. The predicted molar refractivity (Wildman–Crippen MR) is 130 cm³/mol. The van der Waals surface area contributed by atoms with Gasteiger partial charge in [0, 0.05) is 32.1 Å². The molecule has 2 atom stereocenters. The van der Waals surface area contributed by atoms with Crippen molar-refractivity contribution in [2.75, 3.05) is 13.6 Å². The summed E-state index contributed by atoms with van der Waals surface area (Å²) < 4.78 is 93.6. The first-order valence-corrected chi connectivity index (χ1v) is 12.3. The number of likely N-dealkylation sites (tertiary alicyclic amines) is 1. The highest BCUT2D eigenvalue weighted by Crippen LogP contribution is 2.37. The van der Waals surface area contributed by atoms with E-state index < -0.39 is 47.9 Å². The first-order chi connectivity index (χ1) is 18.0. The summed E-state index contributed by atoms with van der Waals surface area (Å²) in [6, 6.07) is 3.78. The van der Waals surface area contributed by atoms with E-state index in [1.165, 1.54) is 30.1 Å². The van der Waals surface area contributed by atoms with Gasteiger partial charge in [-0.05, 0) is 66.8 Å². The van der Waals surface area contributed by atoms with Crippen LogP contribution in [0.2, 0.25) is 0 Å². The molecule has 1 aliphatic heterocycles. The van der Waals surface area contributed by atoms with Crippen molar-refractivity contribution in [3.05, 3.63) is 70.0 Å². The van der Waals surface area contributed by atoms with Crippen LogP contribution in [0.25, 0.3) is 0 Å². The van der Waals surface area contributed by atoms with Gasteiger partial charge in [0.15, 0.2) is 0 Å². The number of amides is 3. The average molecular weight is 562 g/mol. The number of rotatable bonds is 5. The molecule has 0 saturated carbocycles. The molecule has 0 unspecified atom stereocenters. The quantitative estimate of drug-likeness (QED) is 0.413. The molecule has 1 aliphatic rings. The average Bonchev–Trinajstić information content (AvgIpc) is 2.82. The molecule has 1 N–H and O–H groups in total. The third-order valence-corrected chi connectivity index (χ3v) is 6.70. The van der Waals surface area contributed by atoms with E-state index in [0.717, 1.165) is 4.90 Å². The minimum Gasteiger partial charge on any atom is -0.353 e. The summed E-state index contributed by atoms with van der Waals surface area (Å²) >= 11 is 0. The van der Waals surface area contributed by atoms with Crippen molar-refractivity contribution in [2.45, 2.75) is 64.6 Å². The number of carbonyl (C=O) groups excluding carboxylic acids is 2. The molecular weight excluding hydrogens is 531 g/mol. The topological polar surface area (TPSA) is 52.7 Å². The van der Waals surface area contributed by atoms with E-state index in [9.17, 15) is 40.3 Å². The van der Waals surface area contributed by atoms with Gasteiger partial charge in [0.25, 0.3) is 0 Å². The Balaban J connectivity index is 1.90. The number of carbonyl (C=O) groups is 2. The van der Waals surface area contributed by atoms with Crippen LogP contribution in [0.3, 0.4) is 0 Å². The molecule has 214 valence electrons. The number of aryl methyl sites for hydroxylation is 1. The molecule has 2 aromatic carbocycles. The highest BCUT2D eigenvalue weighted by atomic mass is 19.4. The summed E-state index contributed by atoms with van der Waals surface area (Å²) in [6.07, 6.45) is -9.33. The third-order valence-electron chi connectivity index (χ3n) is 6.70. The molecule has 0 spiro atoms. The zero-order valence-electron chi connectivity index (χ0n) is 21.9. The lowest BCUT2D eigenvalue weighted by Gasteiger charge is -2.42. The van der Waals surface area contributed by atoms with E-state index in [1.807, 2.05) is 0 Å². The van der Waals surface area contributed by atoms with Crippen LogP contribution < -0.4 is 5.32 Å². The lowest BCUT2D eigenvalue weighted by atomic mass is 9.89. The minimum atomic E-state index is -5.01. The van der Waals surface area contributed by atoms with Gasteiger partial charge in [0.05, 0.1) is 17.2 Å². The van der Waals surface area contributed by atoms with Crippen molar-refractivity contribution < 1.29 is 40.3 Å². The van der Waals surface area contributed by atoms with Crippen molar-refractivity contribution in [1.29, 1.82) is 0 Å². The van der Waals surface area contributed by atoms with Gasteiger partial charge in [-0.2, -0.15) is 26.3 Å². The fourth-order valence-electron chi connectivity index (χ4n) is 4.67. The standard InChI is InChI=1S/C27H30F7N3O2/c1-15(2)24(38)35-21-7-8-37(23(13-21)22-6-5-20(28)9-16(22)3)25(39)36(4)14-17-10-18(26(29,30)31)12-19(11-17)27(32,33)34/h5-6,9-12,15,21,23H,7-8,13-14H2,1-4H3,(H,35,38)/t21-,23+/m0/s1. The molecule has 5 nitrogen and oxygen atoms in total. The SMILES string of the molecule is Cc1cc(F)ccc1[C@H]1C[C@@H](NC(=O)C(C)C)CCN1C(=O)N(C)Cc1cc(C(F)(F)F)cc(C(F)(F)F)c1. The maximum absolute atomic E-state index is 13.8. The van der Waals surface area contributed by atoms with Gasteiger partial charge in [0.1, 0.15) is 5.82 Å². The van der Waals surface area contributed by atoms with Crippen molar-refractivity contribution in [2.24, 2.45) is 5.92 Å². The Bertz CT molecular complexity index is 1180. The van der Waals surface area contributed by atoms with Crippen LogP contribution in [0, 0.1) is 18.7 Å². The summed E-state index contributed by atoms with van der Waals surface area (Å²) in [5.41, 5.74) is -2.07. The van der Waals surface area contributed by atoms with Crippen molar-refractivity contribution in [3.8, 4) is 0 Å². The van der Waals surface area contributed by atoms with Crippen LogP contribution in [0.1, 0.15) is 60.5 Å². The normalized spacial score (nSPS) is 18.3. The number of nitrogens with zero attached hydrogens (tertiary/aromatic N) is 2. The summed E-state index contributed by atoms with van der Waals surface area (Å²) in [5.74, 6) is -0.913. The highest BCUT2D eigenvalue weighted by Gasteiger charge is 2.38. The lowest BCUT2D eigenvalue weighted by molar-refractivity contribution is -0.143. The van der Waals surface area contributed by atoms with Gasteiger partial charge >= 0.3 is 18.4 Å². The largest absolute Gasteiger partial charge is 0.416 e. The molecule has 12 heteroatoms. The van der Waals surface area contributed by atoms with Gasteiger partial charge in [-0.15, -0.1) is 0 Å². The summed E-state index contributed by atoms with van der Waals surface area (Å²) in [4.78, 5) is 28.3. The Morgan fingerprint density at radius 2 is 1.62 bits per heavy atom. The number of hydrogen-bond acceptors (Lipinski definition) is 2. The van der Waals surface area contributed by atoms with Crippen molar-refractivity contribution >= 4 is 11.9 Å². The molecule has 0 aromatic heterocycles. The molecule has 1 heterocycles. The van der Waals surface area contributed by atoms with Crippen molar-refractivity contribution in [1.82, 2.24) is 15.1 Å². The zero-order chi connectivity index (χ0) is 29.3. The summed E-state index contributed by atoms with van der Waals surface area (Å²) in [6.45, 7) is 4.79. The molecule has 3 rings (SSSR count). The lowest BCUT2D eigenvalue weighted by Crippen LogP contribution is -2.51. The second-order valence-corrected chi connectivity index (χ2v) is 10.1. The Labute approximate surface area is 222 Å². The van der Waals surface area contributed by atoms with Gasteiger partial charge in [-0.3, -0.25) is 4.79 Å². The Morgan fingerprint density at radius 1 is 1.03 bits per heavy atom. The molecular formula is C27H30F7N3O2. The molecule has 2 aromatic rings. The number of halogens is 7. The van der Waals surface area contributed by atoms with E-state index in [0.29, 0.717) is 36.1 Å². The Morgan fingerprint density at radius 3 is 2.13 bits per heavy atom. The van der Waals surface area contributed by atoms with Gasteiger partial charge in [-0.1, -0.05) is 19.9 Å². The molecule has 39 heavy (non-hydrogen) atoms. The van der Waals surface area contributed by atoms with Crippen LogP contribution in [-0.2, 0) is 23.7 Å². The fraction of sp³-hybridized carbons (Fsp3) is 0.481. The van der Waals surface area contributed by atoms with E-state index in [2.05, 4.69) is 5.32 Å². The Kier molecular flexibility index (Phi) is 8.86. The van der Waals surface area contributed by atoms with E-state index in [-0.39, 0.29) is 36.0 Å². The van der Waals surface area contributed by atoms with Crippen LogP contribution in [0.15, 0.2) is 36.4 Å². The number of alkyl halides is 6. The van der Waals surface area contributed by atoms with Crippen LogP contribution in [-0.4, -0.2) is 41.4 Å². The second kappa shape index (κ2) is 11.4. The molecule has 0 radical (unpaired) electrons. The molecule has 1 saturated heterocycles. The van der Waals surface area contributed by atoms with Crippen LogP contribution >= 0.6 is 0 Å². The molecule has 1 fully saturated rings. The molecule has 0 aliphatic carbocycles. The monoisotopic (exact) mass is 561 g/mol. The number of hydrogen-bond donors (Lipinski definition) is 1. The van der Waals surface area contributed by atoms with E-state index in [1.54, 1.807) is 20.8 Å². The number of benzene rings is 2. The number of nitrogens with one attached hydrogen (secondary N) is 1. The number of urea groups is 1. The van der Waals surface area contributed by atoms with Crippen LogP contribution in [0.5, 0.6) is 0 Å². The van der Waals surface area contributed by atoms with Crippen LogP contribution in [0.4, 0.5) is 35.5 Å². The molecule has 0 bridgehead atoms. The maximum atomic E-state index is 13.8. The predicted octanol–water partition coefficient (Wildman–Crippen LogP) is 6.70. The summed E-state index contributed by atoms with van der Waals surface area (Å²) in [7, 11) is 1.29. The van der Waals surface area contributed by atoms with E-state index >= 15 is 0 Å².